The van der Waals surface area contributed by atoms with E-state index in [1.54, 1.807) is 12.1 Å². The van der Waals surface area contributed by atoms with Crippen molar-refractivity contribution in [1.29, 1.82) is 0 Å². The van der Waals surface area contributed by atoms with Crippen molar-refractivity contribution in [3.8, 4) is 0 Å². The lowest BCUT2D eigenvalue weighted by atomic mass is 10.1. The maximum Gasteiger partial charge on any atom is 0.329 e. The summed E-state index contributed by atoms with van der Waals surface area (Å²) in [4.78, 5) is 38.9. The molecule has 0 aliphatic carbocycles. The van der Waals surface area contributed by atoms with E-state index in [9.17, 15) is 14.4 Å². The van der Waals surface area contributed by atoms with E-state index in [1.807, 2.05) is 19.2 Å². The fourth-order valence-corrected chi connectivity index (χ4v) is 4.26. The molecule has 1 N–H and O–H groups in total. The molecule has 0 aliphatic heterocycles. The molecule has 0 aliphatic rings. The summed E-state index contributed by atoms with van der Waals surface area (Å²) < 4.78 is 5.19. The molecule has 0 bridgehead atoms. The summed E-state index contributed by atoms with van der Waals surface area (Å²) in [6, 6.07) is 7.22. The Bertz CT molecular complexity index is 885. The van der Waals surface area contributed by atoms with Crippen LogP contribution in [0.25, 0.3) is 0 Å². The molecule has 1 heterocycles. The normalized spacial score (nSPS) is 11.7. The number of ketones is 1. The molecule has 1 atom stereocenters. The molecule has 2 rings (SSSR count). The van der Waals surface area contributed by atoms with Crippen LogP contribution < -0.4 is 5.32 Å². The van der Waals surface area contributed by atoms with Gasteiger partial charge in [0, 0.05) is 9.90 Å². The number of hydrogen-bond acceptors (Lipinski definition) is 6. The number of aryl methyl sites for hydroxylation is 1. The number of benzene rings is 1. The number of rotatable bonds is 10. The fourth-order valence-electron chi connectivity index (χ4n) is 2.42. The van der Waals surface area contributed by atoms with Gasteiger partial charge in [0.25, 0.3) is 5.91 Å². The van der Waals surface area contributed by atoms with Crippen LogP contribution in [-0.2, 0) is 16.0 Å². The fraction of sp³-hybridized carbons (Fsp3) is 0.350. The molecule has 5 nitrogen and oxygen atoms in total. The Morgan fingerprint density at radius 1 is 1.21 bits per heavy atom. The first-order valence-electron chi connectivity index (χ1n) is 8.89. The molecule has 0 saturated heterocycles. The van der Waals surface area contributed by atoms with E-state index in [2.05, 4.69) is 5.32 Å². The minimum absolute atomic E-state index is 0.187. The van der Waals surface area contributed by atoms with E-state index in [1.165, 1.54) is 35.2 Å². The molecule has 1 aromatic carbocycles. The lowest BCUT2D eigenvalue weighted by Gasteiger charge is -2.17. The minimum atomic E-state index is -0.885. The highest BCUT2D eigenvalue weighted by molar-refractivity contribution is 7.98. The van der Waals surface area contributed by atoms with E-state index >= 15 is 0 Å². The van der Waals surface area contributed by atoms with E-state index in [-0.39, 0.29) is 23.0 Å². The van der Waals surface area contributed by atoms with Gasteiger partial charge in [0.05, 0.1) is 15.5 Å². The molecule has 1 unspecified atom stereocenters. The average molecular weight is 474 g/mol. The Morgan fingerprint density at radius 3 is 2.59 bits per heavy atom. The van der Waals surface area contributed by atoms with Gasteiger partial charge in [-0.15, -0.1) is 11.3 Å². The van der Waals surface area contributed by atoms with E-state index in [4.69, 9.17) is 27.9 Å². The first-order valence-corrected chi connectivity index (χ1v) is 11.9. The number of amides is 1. The number of nitrogens with one attached hydrogen (secondary N) is 1. The van der Waals surface area contributed by atoms with E-state index in [0.29, 0.717) is 22.1 Å². The maximum atomic E-state index is 12.5. The molecule has 0 spiro atoms. The average Bonchev–Trinajstić information content (AvgIpc) is 3.18. The maximum absolute atomic E-state index is 12.5. The second-order valence-corrected chi connectivity index (χ2v) is 9.08. The Labute approximate surface area is 188 Å². The molecule has 2 aromatic rings. The first-order chi connectivity index (χ1) is 13.8. The van der Waals surface area contributed by atoms with Crippen molar-refractivity contribution in [3.63, 3.8) is 0 Å². The van der Waals surface area contributed by atoms with Crippen LogP contribution in [-0.4, -0.2) is 42.3 Å². The van der Waals surface area contributed by atoms with Gasteiger partial charge in [0.15, 0.2) is 6.61 Å². The predicted molar refractivity (Wildman–Crippen MR) is 120 cm³/mol. The van der Waals surface area contributed by atoms with Crippen LogP contribution in [0.15, 0.2) is 30.3 Å². The topological polar surface area (TPSA) is 72.5 Å². The van der Waals surface area contributed by atoms with Gasteiger partial charge >= 0.3 is 5.97 Å². The van der Waals surface area contributed by atoms with Crippen LogP contribution in [0.1, 0.15) is 38.3 Å². The molecule has 0 radical (unpaired) electrons. The monoisotopic (exact) mass is 473 g/mol. The van der Waals surface area contributed by atoms with Gasteiger partial charge in [-0.3, -0.25) is 9.59 Å². The van der Waals surface area contributed by atoms with Gasteiger partial charge in [-0.2, -0.15) is 11.8 Å². The smallest absolute Gasteiger partial charge is 0.329 e. The summed E-state index contributed by atoms with van der Waals surface area (Å²) in [5.74, 6) is -0.795. The number of esters is 1. The number of hydrogen-bond donors (Lipinski definition) is 1. The zero-order valence-corrected chi connectivity index (χ0v) is 19.1. The van der Waals surface area contributed by atoms with Gasteiger partial charge in [0.1, 0.15) is 6.04 Å². The Morgan fingerprint density at radius 2 is 1.97 bits per heavy atom. The van der Waals surface area contributed by atoms with Crippen molar-refractivity contribution in [2.24, 2.45) is 0 Å². The number of ether oxygens (including phenoxy) is 1. The summed E-state index contributed by atoms with van der Waals surface area (Å²) in [6.45, 7) is 1.64. The standard InChI is InChI=1S/C20H21Cl2NO4S2/c1-3-13-5-7-18(29-13)17(24)11-27-20(26)16(8-9-28-2)23-19(25)14-6-4-12(21)10-15(14)22/h4-7,10,16H,3,8-9,11H2,1-2H3,(H,23,25). The minimum Gasteiger partial charge on any atom is -0.456 e. The number of thioether (sulfide) groups is 1. The lowest BCUT2D eigenvalue weighted by molar-refractivity contribution is -0.144. The van der Waals surface area contributed by atoms with Crippen LogP contribution in [0.5, 0.6) is 0 Å². The molecule has 1 aromatic heterocycles. The largest absolute Gasteiger partial charge is 0.456 e. The second kappa shape index (κ2) is 11.6. The van der Waals surface area contributed by atoms with Crippen LogP contribution in [0.4, 0.5) is 0 Å². The molecule has 29 heavy (non-hydrogen) atoms. The van der Waals surface area contributed by atoms with Crippen LogP contribution in [0, 0.1) is 0 Å². The van der Waals surface area contributed by atoms with Gasteiger partial charge < -0.3 is 10.1 Å². The molecular weight excluding hydrogens is 453 g/mol. The number of thiophene rings is 1. The van der Waals surface area contributed by atoms with E-state index < -0.39 is 17.9 Å². The summed E-state index contributed by atoms with van der Waals surface area (Å²) in [6.07, 6.45) is 3.10. The van der Waals surface area contributed by atoms with Crippen molar-refractivity contribution in [3.05, 3.63) is 55.7 Å². The summed E-state index contributed by atoms with van der Waals surface area (Å²) >= 11 is 14.8. The van der Waals surface area contributed by atoms with Crippen molar-refractivity contribution in [2.75, 3.05) is 18.6 Å². The second-order valence-electron chi connectivity index (χ2n) is 6.08. The van der Waals surface area contributed by atoms with Gasteiger partial charge in [-0.1, -0.05) is 30.1 Å². The highest BCUT2D eigenvalue weighted by atomic mass is 35.5. The molecule has 0 fully saturated rings. The number of Topliss-reactive ketones (excluding diaryl/α,β-unsaturated/α-hetero) is 1. The van der Waals surface area contributed by atoms with Crippen molar-refractivity contribution in [2.45, 2.75) is 25.8 Å². The van der Waals surface area contributed by atoms with Gasteiger partial charge in [-0.05, 0) is 55.2 Å². The SMILES string of the molecule is CCc1ccc(C(=O)COC(=O)C(CCSC)NC(=O)c2ccc(Cl)cc2Cl)s1. The number of halogens is 2. The Kier molecular flexibility index (Phi) is 9.49. The van der Waals surface area contributed by atoms with Crippen molar-refractivity contribution >= 4 is 64.0 Å². The molecule has 1 amide bonds. The van der Waals surface area contributed by atoms with Gasteiger partial charge in [0.2, 0.25) is 5.78 Å². The summed E-state index contributed by atoms with van der Waals surface area (Å²) in [5.41, 5.74) is 0.208. The van der Waals surface area contributed by atoms with Crippen LogP contribution in [0.3, 0.4) is 0 Å². The quantitative estimate of drug-likeness (QED) is 0.392. The summed E-state index contributed by atoms with van der Waals surface area (Å²) in [5, 5.41) is 3.23. The highest BCUT2D eigenvalue weighted by Crippen LogP contribution is 2.21. The molecule has 156 valence electrons. The van der Waals surface area contributed by atoms with Crippen LogP contribution >= 0.6 is 46.3 Å². The Balaban J connectivity index is 2.01. The number of carbonyl (C=O) groups excluding carboxylic acids is 3. The van der Waals surface area contributed by atoms with Crippen LogP contribution in [0.2, 0.25) is 10.0 Å². The third-order valence-corrected chi connectivity index (χ3v) is 6.47. The molecular formula is C20H21Cl2NO4S2. The molecule has 0 saturated carbocycles. The third kappa shape index (κ3) is 7.03. The number of carbonyl (C=O) groups is 3. The molecule has 9 heteroatoms. The highest BCUT2D eigenvalue weighted by Gasteiger charge is 2.24. The predicted octanol–water partition coefficient (Wildman–Crippen LogP) is 4.89. The van der Waals surface area contributed by atoms with Crippen molar-refractivity contribution in [1.82, 2.24) is 5.32 Å². The zero-order chi connectivity index (χ0) is 21.4. The Hall–Kier alpha value is -1.54. The van der Waals surface area contributed by atoms with Crippen molar-refractivity contribution < 1.29 is 19.1 Å². The lowest BCUT2D eigenvalue weighted by Crippen LogP contribution is -2.42. The zero-order valence-electron chi connectivity index (χ0n) is 16.0. The van der Waals surface area contributed by atoms with Gasteiger partial charge in [-0.25, -0.2) is 4.79 Å². The first kappa shape index (κ1) is 23.7. The third-order valence-electron chi connectivity index (χ3n) is 4.01. The van der Waals surface area contributed by atoms with E-state index in [0.717, 1.165) is 11.3 Å². The summed E-state index contributed by atoms with van der Waals surface area (Å²) in [7, 11) is 0.